The first-order valence-electron chi connectivity index (χ1n) is 6.36. The Morgan fingerprint density at radius 1 is 1.21 bits per heavy atom. The summed E-state index contributed by atoms with van der Waals surface area (Å²) in [5.41, 5.74) is 2.52. The minimum Gasteiger partial charge on any atom is -0.309 e. The van der Waals surface area contributed by atoms with Crippen LogP contribution in [0, 0.1) is 6.92 Å². The van der Waals surface area contributed by atoms with Gasteiger partial charge in [0.2, 0.25) is 0 Å². The van der Waals surface area contributed by atoms with E-state index < -0.39 is 0 Å². The first-order valence-corrected chi connectivity index (χ1v) is 7.17. The number of aryl methyl sites for hydroxylation is 1. The predicted molar refractivity (Wildman–Crippen MR) is 81.7 cm³/mol. The highest BCUT2D eigenvalue weighted by molar-refractivity contribution is 7.19. The quantitative estimate of drug-likeness (QED) is 0.779. The Hall–Kier alpha value is -1.71. The number of nitrogens with one attached hydrogen (secondary N) is 1. The molecule has 1 atom stereocenters. The summed E-state index contributed by atoms with van der Waals surface area (Å²) in [5.74, 6) is 0. The number of pyridine rings is 1. The maximum Gasteiger partial charge on any atom is 0.0686 e. The van der Waals surface area contributed by atoms with Gasteiger partial charge in [0.15, 0.2) is 0 Å². The Labute approximate surface area is 117 Å². The van der Waals surface area contributed by atoms with Gasteiger partial charge in [-0.05, 0) is 48.7 Å². The predicted octanol–water partition coefficient (Wildman–Crippen LogP) is 3.91. The van der Waals surface area contributed by atoms with Crippen molar-refractivity contribution < 1.29 is 0 Å². The second-order valence-corrected chi connectivity index (χ2v) is 5.76. The molecule has 0 fully saturated rings. The fourth-order valence-electron chi connectivity index (χ4n) is 2.37. The lowest BCUT2D eigenvalue weighted by Crippen LogP contribution is -2.17. The number of rotatable bonds is 3. The Bertz CT molecular complexity index is 670. The first-order chi connectivity index (χ1) is 9.29. The fourth-order valence-corrected chi connectivity index (χ4v) is 3.57. The molecule has 0 saturated heterocycles. The zero-order valence-electron chi connectivity index (χ0n) is 11.1. The second-order valence-electron chi connectivity index (χ2n) is 4.64. The highest BCUT2D eigenvalue weighted by Gasteiger charge is 2.16. The SMILES string of the molecule is CNC(c1cc2ccccc2s1)c1cnccc1C. The summed E-state index contributed by atoms with van der Waals surface area (Å²) >= 11 is 1.84. The summed E-state index contributed by atoms with van der Waals surface area (Å²) in [7, 11) is 2.00. The van der Waals surface area contributed by atoms with E-state index in [2.05, 4.69) is 53.6 Å². The molecule has 2 aromatic heterocycles. The van der Waals surface area contributed by atoms with Gasteiger partial charge in [0, 0.05) is 22.0 Å². The van der Waals surface area contributed by atoms with Crippen LogP contribution in [-0.4, -0.2) is 12.0 Å². The molecule has 0 aliphatic rings. The molecule has 0 amide bonds. The van der Waals surface area contributed by atoms with Crippen molar-refractivity contribution in [3.63, 3.8) is 0 Å². The molecule has 0 bridgehead atoms. The van der Waals surface area contributed by atoms with Crippen LogP contribution in [0.5, 0.6) is 0 Å². The van der Waals surface area contributed by atoms with E-state index in [-0.39, 0.29) is 6.04 Å². The summed E-state index contributed by atoms with van der Waals surface area (Å²) in [6, 6.07) is 13.1. The Morgan fingerprint density at radius 2 is 2.05 bits per heavy atom. The van der Waals surface area contributed by atoms with Crippen molar-refractivity contribution in [3.05, 3.63) is 64.8 Å². The van der Waals surface area contributed by atoms with Crippen molar-refractivity contribution in [1.29, 1.82) is 0 Å². The normalized spacial score (nSPS) is 12.7. The van der Waals surface area contributed by atoms with E-state index in [0.717, 1.165) is 0 Å². The van der Waals surface area contributed by atoms with Crippen molar-refractivity contribution in [2.45, 2.75) is 13.0 Å². The van der Waals surface area contributed by atoms with Crippen LogP contribution in [0.4, 0.5) is 0 Å². The van der Waals surface area contributed by atoms with Gasteiger partial charge in [-0.3, -0.25) is 4.98 Å². The van der Waals surface area contributed by atoms with E-state index in [0.29, 0.717) is 0 Å². The second kappa shape index (κ2) is 5.11. The van der Waals surface area contributed by atoms with Gasteiger partial charge in [0.25, 0.3) is 0 Å². The monoisotopic (exact) mass is 268 g/mol. The van der Waals surface area contributed by atoms with Gasteiger partial charge in [-0.25, -0.2) is 0 Å². The van der Waals surface area contributed by atoms with Crippen LogP contribution in [0.3, 0.4) is 0 Å². The van der Waals surface area contributed by atoms with Crippen molar-refractivity contribution in [3.8, 4) is 0 Å². The minimum atomic E-state index is 0.214. The zero-order chi connectivity index (χ0) is 13.2. The molecule has 96 valence electrons. The van der Waals surface area contributed by atoms with Crippen LogP contribution in [-0.2, 0) is 0 Å². The molecule has 0 spiro atoms. The van der Waals surface area contributed by atoms with Gasteiger partial charge in [-0.2, -0.15) is 0 Å². The first kappa shape index (κ1) is 12.3. The van der Waals surface area contributed by atoms with Crippen LogP contribution in [0.25, 0.3) is 10.1 Å². The largest absolute Gasteiger partial charge is 0.309 e. The molecule has 0 aliphatic carbocycles. The number of nitrogens with zero attached hydrogens (tertiary/aromatic N) is 1. The Morgan fingerprint density at radius 3 is 2.79 bits per heavy atom. The lowest BCUT2D eigenvalue weighted by atomic mass is 10.0. The molecule has 2 nitrogen and oxygen atoms in total. The number of aromatic nitrogens is 1. The van der Waals surface area contributed by atoms with Crippen LogP contribution in [0.2, 0.25) is 0 Å². The third kappa shape index (κ3) is 2.27. The average Bonchev–Trinajstić information content (AvgIpc) is 2.85. The molecular formula is C16H16N2S. The van der Waals surface area contributed by atoms with E-state index in [1.54, 1.807) is 0 Å². The Kier molecular flexibility index (Phi) is 3.32. The number of thiophene rings is 1. The van der Waals surface area contributed by atoms with E-state index in [1.165, 1.54) is 26.1 Å². The molecule has 2 heterocycles. The van der Waals surface area contributed by atoms with Gasteiger partial charge >= 0.3 is 0 Å². The van der Waals surface area contributed by atoms with Gasteiger partial charge in [-0.1, -0.05) is 18.2 Å². The van der Waals surface area contributed by atoms with Gasteiger partial charge in [0.1, 0.15) is 0 Å². The minimum absolute atomic E-state index is 0.214. The van der Waals surface area contributed by atoms with Gasteiger partial charge in [0.05, 0.1) is 6.04 Å². The molecule has 19 heavy (non-hydrogen) atoms. The molecule has 1 aromatic carbocycles. The average molecular weight is 268 g/mol. The van der Waals surface area contributed by atoms with E-state index in [9.17, 15) is 0 Å². The maximum absolute atomic E-state index is 4.26. The zero-order valence-corrected chi connectivity index (χ0v) is 11.9. The smallest absolute Gasteiger partial charge is 0.0686 e. The van der Waals surface area contributed by atoms with Gasteiger partial charge < -0.3 is 5.32 Å². The third-order valence-corrected chi connectivity index (χ3v) is 4.59. The van der Waals surface area contributed by atoms with Crippen molar-refractivity contribution >= 4 is 21.4 Å². The molecule has 3 aromatic rings. The number of fused-ring (bicyclic) bond motifs is 1. The van der Waals surface area contributed by atoms with Crippen molar-refractivity contribution in [2.75, 3.05) is 7.05 Å². The maximum atomic E-state index is 4.26. The lowest BCUT2D eigenvalue weighted by molar-refractivity contribution is 0.696. The number of benzene rings is 1. The standard InChI is InChI=1S/C16H16N2S/c1-11-7-8-18-10-13(11)16(17-2)15-9-12-5-3-4-6-14(12)19-15/h3-10,16-17H,1-2H3. The summed E-state index contributed by atoms with van der Waals surface area (Å²) in [5, 5.41) is 4.72. The topological polar surface area (TPSA) is 24.9 Å². The highest BCUT2D eigenvalue weighted by atomic mass is 32.1. The Balaban J connectivity index is 2.09. The molecule has 3 rings (SSSR count). The van der Waals surface area contributed by atoms with E-state index in [4.69, 9.17) is 0 Å². The number of hydrogen-bond donors (Lipinski definition) is 1. The molecule has 1 unspecified atom stereocenters. The van der Waals surface area contributed by atoms with Crippen LogP contribution < -0.4 is 5.32 Å². The van der Waals surface area contributed by atoms with E-state index in [1.807, 2.05) is 30.8 Å². The molecule has 0 aliphatic heterocycles. The van der Waals surface area contributed by atoms with Gasteiger partial charge in [-0.15, -0.1) is 11.3 Å². The summed E-state index contributed by atoms with van der Waals surface area (Å²) < 4.78 is 1.33. The van der Waals surface area contributed by atoms with Crippen LogP contribution in [0.15, 0.2) is 48.8 Å². The number of hydrogen-bond acceptors (Lipinski definition) is 3. The highest BCUT2D eigenvalue weighted by Crippen LogP contribution is 2.33. The molecule has 0 radical (unpaired) electrons. The molecule has 3 heteroatoms. The molecule has 0 saturated carbocycles. The third-order valence-electron chi connectivity index (χ3n) is 3.41. The van der Waals surface area contributed by atoms with E-state index >= 15 is 0 Å². The van der Waals surface area contributed by atoms with Crippen LogP contribution in [0.1, 0.15) is 22.0 Å². The molecular weight excluding hydrogens is 252 g/mol. The van der Waals surface area contributed by atoms with Crippen molar-refractivity contribution in [2.24, 2.45) is 0 Å². The summed E-state index contributed by atoms with van der Waals surface area (Å²) in [4.78, 5) is 5.59. The molecule has 1 N–H and O–H groups in total. The van der Waals surface area contributed by atoms with Crippen molar-refractivity contribution in [1.82, 2.24) is 10.3 Å². The summed E-state index contributed by atoms with van der Waals surface area (Å²) in [6.07, 6.45) is 3.80. The fraction of sp³-hybridized carbons (Fsp3) is 0.188. The summed E-state index contributed by atoms with van der Waals surface area (Å²) in [6.45, 7) is 2.13. The van der Waals surface area contributed by atoms with Crippen LogP contribution >= 0.6 is 11.3 Å². The lowest BCUT2D eigenvalue weighted by Gasteiger charge is -2.16.